The maximum Gasteiger partial charge on any atom is 0.231 e. The molecule has 1 N–H and O–H groups in total. The van der Waals surface area contributed by atoms with Crippen molar-refractivity contribution in [1.29, 1.82) is 0 Å². The molecule has 4 nitrogen and oxygen atoms in total. The predicted molar refractivity (Wildman–Crippen MR) is 75.1 cm³/mol. The Balaban J connectivity index is 1.72. The Morgan fingerprint density at radius 1 is 1.16 bits per heavy atom. The second-order valence-electron chi connectivity index (χ2n) is 5.36. The van der Waals surface area contributed by atoms with Gasteiger partial charge in [0.1, 0.15) is 0 Å². The molecule has 0 bridgehead atoms. The fourth-order valence-corrected chi connectivity index (χ4v) is 2.84. The molecule has 2 aliphatic rings. The van der Waals surface area contributed by atoms with Crippen LogP contribution in [0.1, 0.15) is 16.7 Å². The molecule has 0 aliphatic carbocycles. The molecule has 4 heteroatoms. The highest BCUT2D eigenvalue weighted by molar-refractivity contribution is 5.54. The zero-order chi connectivity index (χ0) is 13.2. The Hall–Kier alpha value is -1.26. The van der Waals surface area contributed by atoms with Gasteiger partial charge >= 0.3 is 0 Å². The summed E-state index contributed by atoms with van der Waals surface area (Å²) in [6, 6.07) is 2.16. The number of rotatable bonds is 3. The number of hydrogen-bond acceptors (Lipinski definition) is 4. The Morgan fingerprint density at radius 2 is 1.95 bits per heavy atom. The number of benzene rings is 1. The quantitative estimate of drug-likeness (QED) is 0.894. The molecule has 2 aliphatic heterocycles. The van der Waals surface area contributed by atoms with Crippen molar-refractivity contribution < 1.29 is 9.47 Å². The summed E-state index contributed by atoms with van der Waals surface area (Å²) in [7, 11) is 0. The lowest BCUT2D eigenvalue weighted by Gasteiger charge is -2.27. The monoisotopic (exact) mass is 262 g/mol. The second kappa shape index (κ2) is 5.39. The van der Waals surface area contributed by atoms with E-state index in [0.29, 0.717) is 6.79 Å². The van der Waals surface area contributed by atoms with Crippen LogP contribution in [0.3, 0.4) is 0 Å². The minimum absolute atomic E-state index is 0.358. The molecule has 0 atom stereocenters. The van der Waals surface area contributed by atoms with Gasteiger partial charge in [-0.15, -0.1) is 0 Å². The van der Waals surface area contributed by atoms with Crippen LogP contribution in [0.15, 0.2) is 6.07 Å². The van der Waals surface area contributed by atoms with Crippen molar-refractivity contribution >= 4 is 0 Å². The maximum absolute atomic E-state index is 5.52. The van der Waals surface area contributed by atoms with Gasteiger partial charge in [-0.2, -0.15) is 0 Å². The average Bonchev–Trinajstić information content (AvgIpc) is 2.91. The van der Waals surface area contributed by atoms with E-state index in [1.807, 2.05) is 0 Å². The van der Waals surface area contributed by atoms with Crippen molar-refractivity contribution in [2.75, 3.05) is 39.5 Å². The van der Waals surface area contributed by atoms with Gasteiger partial charge in [0.2, 0.25) is 6.79 Å². The molecular weight excluding hydrogens is 240 g/mol. The smallest absolute Gasteiger partial charge is 0.231 e. The van der Waals surface area contributed by atoms with Crippen molar-refractivity contribution in [3.63, 3.8) is 0 Å². The van der Waals surface area contributed by atoms with E-state index >= 15 is 0 Å². The first-order valence-corrected chi connectivity index (χ1v) is 7.07. The number of fused-ring (bicyclic) bond motifs is 1. The number of nitrogens with zero attached hydrogens (tertiary/aromatic N) is 1. The summed E-state index contributed by atoms with van der Waals surface area (Å²) in [5, 5.41) is 3.39. The number of nitrogens with one attached hydrogen (secondary N) is 1. The topological polar surface area (TPSA) is 33.7 Å². The van der Waals surface area contributed by atoms with Crippen LogP contribution in [-0.2, 0) is 6.42 Å². The Kier molecular flexibility index (Phi) is 3.62. The fourth-order valence-electron chi connectivity index (χ4n) is 2.84. The number of piperazine rings is 1. The minimum Gasteiger partial charge on any atom is -0.454 e. The van der Waals surface area contributed by atoms with Gasteiger partial charge in [-0.05, 0) is 43.0 Å². The Morgan fingerprint density at radius 3 is 2.74 bits per heavy atom. The Labute approximate surface area is 114 Å². The van der Waals surface area contributed by atoms with E-state index in [4.69, 9.17) is 9.47 Å². The summed E-state index contributed by atoms with van der Waals surface area (Å²) in [6.45, 7) is 10.3. The number of ether oxygens (including phenoxy) is 2. The van der Waals surface area contributed by atoms with Gasteiger partial charge in [-0.25, -0.2) is 0 Å². The molecule has 1 saturated heterocycles. The van der Waals surface area contributed by atoms with Gasteiger partial charge in [0.25, 0.3) is 0 Å². The molecule has 0 unspecified atom stereocenters. The maximum atomic E-state index is 5.52. The van der Waals surface area contributed by atoms with Crippen molar-refractivity contribution in [3.05, 3.63) is 22.8 Å². The van der Waals surface area contributed by atoms with Crippen LogP contribution in [0.2, 0.25) is 0 Å². The molecule has 0 aromatic heterocycles. The van der Waals surface area contributed by atoms with E-state index in [9.17, 15) is 0 Å². The Bertz CT molecular complexity index is 468. The van der Waals surface area contributed by atoms with E-state index in [0.717, 1.165) is 50.6 Å². The molecule has 0 spiro atoms. The molecule has 2 heterocycles. The lowest BCUT2D eigenvalue weighted by atomic mass is 9.99. The van der Waals surface area contributed by atoms with Crippen LogP contribution in [-0.4, -0.2) is 44.4 Å². The summed E-state index contributed by atoms with van der Waals surface area (Å²) in [4.78, 5) is 2.52. The van der Waals surface area contributed by atoms with Crippen LogP contribution in [0.4, 0.5) is 0 Å². The number of hydrogen-bond donors (Lipinski definition) is 1. The lowest BCUT2D eigenvalue weighted by Crippen LogP contribution is -2.44. The first-order valence-electron chi connectivity index (χ1n) is 7.07. The molecule has 1 aromatic carbocycles. The summed E-state index contributed by atoms with van der Waals surface area (Å²) in [6.07, 6.45) is 1.09. The minimum atomic E-state index is 0.358. The van der Waals surface area contributed by atoms with Crippen LogP contribution in [0, 0.1) is 13.8 Å². The average molecular weight is 262 g/mol. The van der Waals surface area contributed by atoms with Gasteiger partial charge in [0, 0.05) is 32.7 Å². The van der Waals surface area contributed by atoms with E-state index in [-0.39, 0.29) is 0 Å². The second-order valence-corrected chi connectivity index (χ2v) is 5.36. The van der Waals surface area contributed by atoms with Crippen LogP contribution in [0.5, 0.6) is 11.5 Å². The van der Waals surface area contributed by atoms with Crippen molar-refractivity contribution in [2.45, 2.75) is 20.3 Å². The summed E-state index contributed by atoms with van der Waals surface area (Å²) < 4.78 is 11.0. The highest BCUT2D eigenvalue weighted by Gasteiger charge is 2.20. The lowest BCUT2D eigenvalue weighted by molar-refractivity contribution is 0.173. The van der Waals surface area contributed by atoms with E-state index < -0.39 is 0 Å². The highest BCUT2D eigenvalue weighted by Crippen LogP contribution is 2.38. The van der Waals surface area contributed by atoms with Gasteiger partial charge < -0.3 is 19.7 Å². The molecular formula is C15H22N2O2. The van der Waals surface area contributed by atoms with Crippen molar-refractivity contribution in [3.8, 4) is 11.5 Å². The van der Waals surface area contributed by atoms with Crippen LogP contribution in [0.25, 0.3) is 0 Å². The third-order valence-corrected chi connectivity index (χ3v) is 4.24. The first-order chi connectivity index (χ1) is 9.25. The van der Waals surface area contributed by atoms with E-state index in [1.54, 1.807) is 0 Å². The molecule has 104 valence electrons. The van der Waals surface area contributed by atoms with Crippen LogP contribution >= 0.6 is 0 Å². The molecule has 1 fully saturated rings. The van der Waals surface area contributed by atoms with E-state index in [1.165, 1.54) is 16.7 Å². The molecule has 3 rings (SSSR count). The normalized spacial score (nSPS) is 18.8. The highest BCUT2D eigenvalue weighted by atomic mass is 16.7. The third kappa shape index (κ3) is 2.55. The van der Waals surface area contributed by atoms with Gasteiger partial charge in [0.15, 0.2) is 11.5 Å². The zero-order valence-electron chi connectivity index (χ0n) is 11.8. The third-order valence-electron chi connectivity index (χ3n) is 4.24. The van der Waals surface area contributed by atoms with Gasteiger partial charge in [-0.1, -0.05) is 0 Å². The molecule has 1 aromatic rings. The molecule has 0 amide bonds. The summed E-state index contributed by atoms with van der Waals surface area (Å²) >= 11 is 0. The summed E-state index contributed by atoms with van der Waals surface area (Å²) in [5.74, 6) is 1.85. The standard InChI is InChI=1S/C15H22N2O2/c1-11-12(2)15-14(18-10-19-15)9-13(11)3-6-17-7-4-16-5-8-17/h9,16H,3-8,10H2,1-2H3. The van der Waals surface area contributed by atoms with Crippen molar-refractivity contribution in [1.82, 2.24) is 10.2 Å². The van der Waals surface area contributed by atoms with Gasteiger partial charge in [0.05, 0.1) is 0 Å². The zero-order valence-corrected chi connectivity index (χ0v) is 11.8. The van der Waals surface area contributed by atoms with Crippen molar-refractivity contribution in [2.24, 2.45) is 0 Å². The van der Waals surface area contributed by atoms with Crippen LogP contribution < -0.4 is 14.8 Å². The largest absolute Gasteiger partial charge is 0.454 e. The molecule has 19 heavy (non-hydrogen) atoms. The van der Waals surface area contributed by atoms with Gasteiger partial charge in [-0.3, -0.25) is 0 Å². The first kappa shape index (κ1) is 12.8. The predicted octanol–water partition coefficient (Wildman–Crippen LogP) is 1.48. The molecule has 0 saturated carbocycles. The summed E-state index contributed by atoms with van der Waals surface area (Å²) in [5.41, 5.74) is 3.96. The molecule has 0 radical (unpaired) electrons. The van der Waals surface area contributed by atoms with E-state index in [2.05, 4.69) is 30.1 Å². The fraction of sp³-hybridized carbons (Fsp3) is 0.600. The SMILES string of the molecule is Cc1c(CCN2CCNCC2)cc2c(c1C)OCO2.